The van der Waals surface area contributed by atoms with Gasteiger partial charge < -0.3 is 27.9 Å². The third-order valence-electron chi connectivity index (χ3n) is 10.6. The number of hydrogen-bond donors (Lipinski definition) is 0. The zero-order chi connectivity index (χ0) is 44.1. The Bertz CT molecular complexity index is 1100. The molecule has 352 valence electrons. The van der Waals surface area contributed by atoms with Crippen LogP contribution in [0.4, 0.5) is 0 Å². The van der Waals surface area contributed by atoms with Crippen LogP contribution in [0.25, 0.3) is 0 Å². The number of allylic oxidation sites excluding steroid dienone is 8. The maximum absolute atomic E-state index is 12.7. The summed E-state index contributed by atoms with van der Waals surface area (Å²) < 4.78 is 34.7. The number of carbonyl (C=O) groups is 1. The molecule has 0 aromatic heterocycles. The van der Waals surface area contributed by atoms with Gasteiger partial charge in [-0.1, -0.05) is 178 Å². The van der Waals surface area contributed by atoms with Crippen LogP contribution in [0.1, 0.15) is 213 Å². The lowest BCUT2D eigenvalue weighted by atomic mass is 10.1. The molecule has 0 fully saturated rings. The van der Waals surface area contributed by atoms with Crippen molar-refractivity contribution in [3.05, 3.63) is 48.6 Å². The number of nitrogens with zero attached hydrogens (tertiary/aromatic N) is 1. The predicted molar refractivity (Wildman–Crippen MR) is 254 cm³/mol. The van der Waals surface area contributed by atoms with E-state index in [9.17, 15) is 14.3 Å². The zero-order valence-corrected chi connectivity index (χ0v) is 40.8. The van der Waals surface area contributed by atoms with Crippen LogP contribution in [0.5, 0.6) is 0 Å². The standard InChI is InChI=1S/C51H96NO7P/c1-6-8-10-12-14-16-18-20-22-24-25-26-27-28-30-32-34-36-38-40-42-44-51(53)59-50(49-58-60(54,55)57-47-45-52(3,4)5)48-56-46-43-41-39-37-35-33-31-29-23-21-19-17-15-13-11-9-7-2/h17-20,23-25,29,50H,6-16,21-22,26-28,30-49H2,1-5H3/b19-17-,20-18-,25-24-,29-23-. The molecule has 0 saturated heterocycles. The lowest BCUT2D eigenvalue weighted by Gasteiger charge is -2.28. The van der Waals surface area contributed by atoms with Crippen LogP contribution < -0.4 is 4.89 Å². The smallest absolute Gasteiger partial charge is 0.306 e. The Balaban J connectivity index is 4.19. The number of hydrogen-bond acceptors (Lipinski definition) is 7. The monoisotopic (exact) mass is 866 g/mol. The number of carbonyl (C=O) groups excluding carboxylic acids is 1. The summed E-state index contributed by atoms with van der Waals surface area (Å²) in [6.07, 6.45) is 54.1. The van der Waals surface area contributed by atoms with Crippen molar-refractivity contribution in [2.24, 2.45) is 0 Å². The quantitative estimate of drug-likeness (QED) is 0.0198. The number of rotatable bonds is 46. The van der Waals surface area contributed by atoms with E-state index in [-0.39, 0.29) is 25.8 Å². The molecular weight excluding hydrogens is 770 g/mol. The SMILES string of the molecule is CCCCCC/C=C\C/C=C\CCCCCCCCOCC(COP(=O)([O-])OCC[N+](C)(C)C)OC(=O)CCCCCCCCCCC/C=C\C/C=C\CCCCCCC. The Labute approximate surface area is 371 Å². The highest BCUT2D eigenvalue weighted by Gasteiger charge is 2.20. The Hall–Kier alpha value is -1.54. The fourth-order valence-corrected chi connectivity index (χ4v) is 7.45. The highest BCUT2D eigenvalue weighted by atomic mass is 31.2. The summed E-state index contributed by atoms with van der Waals surface area (Å²) in [4.78, 5) is 25.1. The molecule has 0 radical (unpaired) electrons. The summed E-state index contributed by atoms with van der Waals surface area (Å²) in [5.41, 5.74) is 0. The Morgan fingerprint density at radius 1 is 0.517 bits per heavy atom. The molecule has 0 saturated carbocycles. The summed E-state index contributed by atoms with van der Waals surface area (Å²) in [6.45, 7) is 5.37. The average molecular weight is 866 g/mol. The van der Waals surface area contributed by atoms with E-state index >= 15 is 0 Å². The number of likely N-dealkylation sites (N-methyl/N-ethyl adjacent to an activating group) is 1. The first-order valence-electron chi connectivity index (χ1n) is 24.9. The van der Waals surface area contributed by atoms with Crippen molar-refractivity contribution in [3.63, 3.8) is 0 Å². The number of quaternary nitrogens is 1. The van der Waals surface area contributed by atoms with Gasteiger partial charge >= 0.3 is 5.97 Å². The molecule has 0 aromatic rings. The van der Waals surface area contributed by atoms with E-state index in [2.05, 4.69) is 62.5 Å². The van der Waals surface area contributed by atoms with Gasteiger partial charge in [0.25, 0.3) is 7.82 Å². The maximum Gasteiger partial charge on any atom is 0.306 e. The van der Waals surface area contributed by atoms with Crippen molar-refractivity contribution in [3.8, 4) is 0 Å². The fraction of sp³-hybridized carbons (Fsp3) is 0.824. The highest BCUT2D eigenvalue weighted by Crippen LogP contribution is 2.38. The molecule has 2 unspecified atom stereocenters. The van der Waals surface area contributed by atoms with Crippen molar-refractivity contribution in [1.82, 2.24) is 0 Å². The molecular formula is C51H96NO7P. The van der Waals surface area contributed by atoms with Crippen LogP contribution in [0.3, 0.4) is 0 Å². The van der Waals surface area contributed by atoms with Gasteiger partial charge in [-0.05, 0) is 77.0 Å². The molecule has 9 heteroatoms. The second-order valence-electron chi connectivity index (χ2n) is 17.8. The molecule has 0 aromatic carbocycles. The number of unbranched alkanes of at least 4 members (excludes halogenated alkanes) is 24. The molecule has 0 aliphatic carbocycles. The minimum atomic E-state index is -4.53. The second-order valence-corrected chi connectivity index (χ2v) is 19.2. The first-order chi connectivity index (χ1) is 29.1. The number of phosphoric ester groups is 1. The molecule has 60 heavy (non-hydrogen) atoms. The van der Waals surface area contributed by atoms with E-state index in [0.717, 1.165) is 57.8 Å². The third-order valence-corrected chi connectivity index (χ3v) is 11.6. The molecule has 0 N–H and O–H groups in total. The minimum Gasteiger partial charge on any atom is -0.756 e. The van der Waals surface area contributed by atoms with Crippen molar-refractivity contribution >= 4 is 13.8 Å². The molecule has 0 spiro atoms. The number of phosphoric acid groups is 1. The van der Waals surface area contributed by atoms with Crippen LogP contribution in [-0.4, -0.2) is 70.7 Å². The van der Waals surface area contributed by atoms with Gasteiger partial charge in [-0.3, -0.25) is 9.36 Å². The van der Waals surface area contributed by atoms with Gasteiger partial charge in [0.2, 0.25) is 0 Å². The van der Waals surface area contributed by atoms with Gasteiger partial charge in [-0.25, -0.2) is 0 Å². The minimum absolute atomic E-state index is 0.0219. The molecule has 0 amide bonds. The van der Waals surface area contributed by atoms with Crippen molar-refractivity contribution < 1.29 is 37.3 Å². The third kappa shape index (κ3) is 47.5. The van der Waals surface area contributed by atoms with Gasteiger partial charge in [0.05, 0.1) is 34.4 Å². The lowest BCUT2D eigenvalue weighted by Crippen LogP contribution is -2.37. The van der Waals surface area contributed by atoms with E-state index in [1.807, 2.05) is 21.1 Å². The first-order valence-corrected chi connectivity index (χ1v) is 26.3. The molecule has 0 rings (SSSR count). The van der Waals surface area contributed by atoms with Crippen LogP contribution >= 0.6 is 7.82 Å². The van der Waals surface area contributed by atoms with Gasteiger partial charge in [-0.2, -0.15) is 0 Å². The molecule has 0 bridgehead atoms. The average Bonchev–Trinajstić information content (AvgIpc) is 3.20. The van der Waals surface area contributed by atoms with E-state index in [0.29, 0.717) is 24.1 Å². The van der Waals surface area contributed by atoms with Gasteiger partial charge in [0.1, 0.15) is 19.3 Å². The number of ether oxygens (including phenoxy) is 2. The summed E-state index contributed by atoms with van der Waals surface area (Å²) in [5.74, 6) is -0.342. The summed E-state index contributed by atoms with van der Waals surface area (Å²) in [7, 11) is 1.34. The lowest BCUT2D eigenvalue weighted by molar-refractivity contribution is -0.870. The van der Waals surface area contributed by atoms with Gasteiger partial charge in [-0.15, -0.1) is 0 Å². The molecule has 0 aliphatic rings. The van der Waals surface area contributed by atoms with Gasteiger partial charge in [0, 0.05) is 13.0 Å². The summed E-state index contributed by atoms with van der Waals surface area (Å²) in [5, 5.41) is 0. The first kappa shape index (κ1) is 58.5. The van der Waals surface area contributed by atoms with E-state index in [1.165, 1.54) is 135 Å². The van der Waals surface area contributed by atoms with Crippen LogP contribution in [0.15, 0.2) is 48.6 Å². The zero-order valence-electron chi connectivity index (χ0n) is 39.9. The normalized spacial score (nSPS) is 14.0. The van der Waals surface area contributed by atoms with E-state index < -0.39 is 13.9 Å². The predicted octanol–water partition coefficient (Wildman–Crippen LogP) is 14.5. The number of esters is 1. The largest absolute Gasteiger partial charge is 0.756 e. The highest BCUT2D eigenvalue weighted by molar-refractivity contribution is 7.45. The van der Waals surface area contributed by atoms with Crippen LogP contribution in [-0.2, 0) is 27.9 Å². The Morgan fingerprint density at radius 3 is 1.37 bits per heavy atom. The summed E-state index contributed by atoms with van der Waals surface area (Å²) >= 11 is 0. The molecule has 0 heterocycles. The molecule has 2 atom stereocenters. The molecule has 8 nitrogen and oxygen atoms in total. The van der Waals surface area contributed by atoms with Crippen LogP contribution in [0, 0.1) is 0 Å². The maximum atomic E-state index is 12.7. The van der Waals surface area contributed by atoms with Gasteiger partial charge in [0.15, 0.2) is 0 Å². The molecule has 0 aliphatic heterocycles. The topological polar surface area (TPSA) is 94.1 Å². The van der Waals surface area contributed by atoms with Crippen LogP contribution in [0.2, 0.25) is 0 Å². The Kier molecular flexibility index (Phi) is 43.0. The summed E-state index contributed by atoms with van der Waals surface area (Å²) in [6, 6.07) is 0. The van der Waals surface area contributed by atoms with E-state index in [4.69, 9.17) is 18.5 Å². The van der Waals surface area contributed by atoms with Crippen molar-refractivity contribution in [2.45, 2.75) is 219 Å². The fourth-order valence-electron chi connectivity index (χ4n) is 6.72. The Morgan fingerprint density at radius 2 is 0.917 bits per heavy atom. The van der Waals surface area contributed by atoms with Crippen molar-refractivity contribution in [1.29, 1.82) is 0 Å². The van der Waals surface area contributed by atoms with E-state index in [1.54, 1.807) is 0 Å². The van der Waals surface area contributed by atoms with Crippen molar-refractivity contribution in [2.75, 3.05) is 54.1 Å². The second kappa shape index (κ2) is 44.1.